The summed E-state index contributed by atoms with van der Waals surface area (Å²) < 4.78 is 8.04. The number of ether oxygens (including phenoxy) is 1. The summed E-state index contributed by atoms with van der Waals surface area (Å²) in [5.41, 5.74) is 8.07. The Bertz CT molecular complexity index is 1340. The lowest BCUT2D eigenvalue weighted by atomic mass is 9.94. The highest BCUT2D eigenvalue weighted by atomic mass is 32.2. The van der Waals surface area contributed by atoms with Crippen LogP contribution >= 0.6 is 11.8 Å². The molecule has 0 spiro atoms. The van der Waals surface area contributed by atoms with Crippen molar-refractivity contribution in [1.82, 2.24) is 9.55 Å². The molecule has 5 nitrogen and oxygen atoms in total. The Balaban J connectivity index is 1.40. The predicted molar refractivity (Wildman–Crippen MR) is 132 cm³/mol. The summed E-state index contributed by atoms with van der Waals surface area (Å²) in [7, 11) is 0. The zero-order chi connectivity index (χ0) is 22.9. The van der Waals surface area contributed by atoms with Gasteiger partial charge in [0.15, 0.2) is 5.16 Å². The van der Waals surface area contributed by atoms with E-state index in [0.29, 0.717) is 6.61 Å². The number of aryl methyl sites for hydroxylation is 2. The Morgan fingerprint density at radius 2 is 2.00 bits per heavy atom. The van der Waals surface area contributed by atoms with Crippen molar-refractivity contribution < 1.29 is 14.6 Å². The molecule has 1 aliphatic rings. The smallest absolute Gasteiger partial charge is 0.304 e. The molecule has 5 rings (SSSR count). The van der Waals surface area contributed by atoms with Crippen molar-refractivity contribution in [3.8, 4) is 11.4 Å². The third-order valence-electron chi connectivity index (χ3n) is 6.43. The maximum atomic E-state index is 11.1. The number of imidazole rings is 1. The molecule has 1 atom stereocenters. The zero-order valence-corrected chi connectivity index (χ0v) is 19.6. The summed E-state index contributed by atoms with van der Waals surface area (Å²) in [5.74, 6) is -0.00832. The fourth-order valence-electron chi connectivity index (χ4n) is 4.69. The number of benzene rings is 3. The molecule has 0 aliphatic carbocycles. The van der Waals surface area contributed by atoms with Crippen LogP contribution in [0.2, 0.25) is 0 Å². The van der Waals surface area contributed by atoms with Crippen LogP contribution in [0.25, 0.3) is 16.7 Å². The molecule has 6 heteroatoms. The molecule has 2 heterocycles. The van der Waals surface area contributed by atoms with Gasteiger partial charge in [-0.3, -0.25) is 9.36 Å². The summed E-state index contributed by atoms with van der Waals surface area (Å²) in [5, 5.41) is 10.1. The average molecular weight is 459 g/mol. The number of carbonyl (C=O) groups is 1. The van der Waals surface area contributed by atoms with Crippen LogP contribution < -0.4 is 4.74 Å². The zero-order valence-electron chi connectivity index (χ0n) is 18.7. The third-order valence-corrected chi connectivity index (χ3v) is 7.07. The van der Waals surface area contributed by atoms with Crippen LogP contribution in [0.15, 0.2) is 65.8 Å². The van der Waals surface area contributed by atoms with Gasteiger partial charge in [0.25, 0.3) is 0 Å². The first-order chi connectivity index (χ1) is 16.0. The van der Waals surface area contributed by atoms with E-state index in [0.717, 1.165) is 40.3 Å². The van der Waals surface area contributed by atoms with Gasteiger partial charge in [-0.2, -0.15) is 0 Å². The molecule has 0 bridgehead atoms. The Morgan fingerprint density at radius 3 is 2.82 bits per heavy atom. The molecular formula is C27H26N2O3S. The molecule has 1 N–H and O–H groups in total. The first-order valence-corrected chi connectivity index (χ1v) is 12.4. The highest BCUT2D eigenvalue weighted by molar-refractivity contribution is 7.98. The van der Waals surface area contributed by atoms with Crippen LogP contribution in [-0.4, -0.2) is 33.5 Å². The molecule has 1 aliphatic heterocycles. The largest absolute Gasteiger partial charge is 0.493 e. The second-order valence-electron chi connectivity index (χ2n) is 8.46. The lowest BCUT2D eigenvalue weighted by molar-refractivity contribution is -0.137. The topological polar surface area (TPSA) is 64.4 Å². The molecule has 33 heavy (non-hydrogen) atoms. The molecule has 0 radical (unpaired) electrons. The van der Waals surface area contributed by atoms with E-state index in [1.165, 1.54) is 22.4 Å². The number of aromatic nitrogens is 2. The van der Waals surface area contributed by atoms with Crippen LogP contribution in [0.1, 0.15) is 34.6 Å². The Hall–Kier alpha value is -3.25. The molecule has 1 aromatic heterocycles. The number of thioether (sulfide) groups is 1. The van der Waals surface area contributed by atoms with Crippen molar-refractivity contribution in [2.75, 3.05) is 12.9 Å². The van der Waals surface area contributed by atoms with E-state index in [1.54, 1.807) is 11.8 Å². The fraction of sp³-hybridized carbons (Fsp3) is 0.259. The normalized spacial score (nSPS) is 14.9. The van der Waals surface area contributed by atoms with Crippen molar-refractivity contribution in [3.63, 3.8) is 0 Å². The van der Waals surface area contributed by atoms with Crippen LogP contribution in [0.4, 0.5) is 0 Å². The molecular weight excluding hydrogens is 432 g/mol. The SMILES string of the molecule is CSc1nc2ccccc2n1-c1cccc(CCc2ccc3c(c2)OC[C@H]3CC(=O)O)c1C. The van der Waals surface area contributed by atoms with Gasteiger partial charge in [-0.15, -0.1) is 0 Å². The maximum Gasteiger partial charge on any atom is 0.304 e. The minimum atomic E-state index is -0.786. The number of hydrogen-bond donors (Lipinski definition) is 1. The molecule has 0 fully saturated rings. The summed E-state index contributed by atoms with van der Waals surface area (Å²) in [6, 6.07) is 21.0. The van der Waals surface area contributed by atoms with E-state index in [-0.39, 0.29) is 12.3 Å². The second kappa shape index (κ2) is 8.94. The fourth-order valence-corrected chi connectivity index (χ4v) is 5.26. The first kappa shape index (κ1) is 21.6. The molecule has 4 aromatic rings. The van der Waals surface area contributed by atoms with Crippen molar-refractivity contribution in [2.45, 2.75) is 37.3 Å². The maximum absolute atomic E-state index is 11.1. The van der Waals surface area contributed by atoms with Gasteiger partial charge in [0, 0.05) is 11.5 Å². The van der Waals surface area contributed by atoms with Gasteiger partial charge < -0.3 is 9.84 Å². The number of fused-ring (bicyclic) bond motifs is 2. The molecule has 0 saturated heterocycles. The Labute approximate surface area is 197 Å². The highest BCUT2D eigenvalue weighted by Crippen LogP contribution is 2.37. The molecule has 0 amide bonds. The standard InChI is InChI=1S/C27H26N2O3S/c1-17-19(12-10-18-11-13-21-20(15-26(30)31)16-32-25(21)14-18)6-5-9-23(17)29-24-8-4-3-7-22(24)28-27(29)33-2/h3-9,11,13-14,20H,10,12,15-16H2,1-2H3,(H,30,31)/t20-/m1/s1. The monoisotopic (exact) mass is 458 g/mol. The van der Waals surface area contributed by atoms with Crippen LogP contribution in [0, 0.1) is 6.92 Å². The van der Waals surface area contributed by atoms with Crippen molar-refractivity contribution in [1.29, 1.82) is 0 Å². The summed E-state index contributed by atoms with van der Waals surface area (Å²) in [6.45, 7) is 2.63. The minimum Gasteiger partial charge on any atom is -0.493 e. The van der Waals surface area contributed by atoms with Gasteiger partial charge in [0.1, 0.15) is 5.75 Å². The van der Waals surface area contributed by atoms with Gasteiger partial charge in [-0.25, -0.2) is 4.98 Å². The number of hydrogen-bond acceptors (Lipinski definition) is 4. The molecule has 0 saturated carbocycles. The van der Waals surface area contributed by atoms with Gasteiger partial charge in [-0.05, 0) is 67.0 Å². The Morgan fingerprint density at radius 1 is 1.15 bits per heavy atom. The van der Waals surface area contributed by atoms with Crippen LogP contribution in [0.3, 0.4) is 0 Å². The Kier molecular flexibility index (Phi) is 5.85. The summed E-state index contributed by atoms with van der Waals surface area (Å²) in [6.07, 6.45) is 3.98. The molecule has 168 valence electrons. The first-order valence-electron chi connectivity index (χ1n) is 11.1. The molecule has 3 aromatic carbocycles. The number of para-hydroxylation sites is 2. The average Bonchev–Trinajstić information content (AvgIpc) is 3.39. The third kappa shape index (κ3) is 4.11. The highest BCUT2D eigenvalue weighted by Gasteiger charge is 2.26. The van der Waals surface area contributed by atoms with E-state index in [4.69, 9.17) is 14.8 Å². The predicted octanol–water partition coefficient (Wildman–Crippen LogP) is 5.79. The summed E-state index contributed by atoms with van der Waals surface area (Å²) in [4.78, 5) is 15.9. The number of carboxylic acid groups (broad SMARTS) is 1. The van der Waals surface area contributed by atoms with Gasteiger partial charge >= 0.3 is 5.97 Å². The van der Waals surface area contributed by atoms with Gasteiger partial charge in [0.2, 0.25) is 0 Å². The van der Waals surface area contributed by atoms with E-state index >= 15 is 0 Å². The van der Waals surface area contributed by atoms with Crippen molar-refractivity contribution in [3.05, 3.63) is 82.9 Å². The lowest BCUT2D eigenvalue weighted by Crippen LogP contribution is -2.07. The van der Waals surface area contributed by atoms with Gasteiger partial charge in [-0.1, -0.05) is 48.2 Å². The van der Waals surface area contributed by atoms with Crippen molar-refractivity contribution >= 4 is 28.8 Å². The molecule has 0 unspecified atom stereocenters. The lowest BCUT2D eigenvalue weighted by Gasteiger charge is -2.15. The quantitative estimate of drug-likeness (QED) is 0.355. The number of nitrogens with zero attached hydrogens (tertiary/aromatic N) is 2. The van der Waals surface area contributed by atoms with Crippen LogP contribution in [0.5, 0.6) is 5.75 Å². The number of carboxylic acids is 1. The van der Waals surface area contributed by atoms with Crippen LogP contribution in [-0.2, 0) is 17.6 Å². The van der Waals surface area contributed by atoms with E-state index in [9.17, 15) is 4.79 Å². The minimum absolute atomic E-state index is 0.0545. The van der Waals surface area contributed by atoms with E-state index < -0.39 is 5.97 Å². The second-order valence-corrected chi connectivity index (χ2v) is 9.24. The number of rotatable bonds is 7. The van der Waals surface area contributed by atoms with E-state index in [1.807, 2.05) is 12.1 Å². The van der Waals surface area contributed by atoms with E-state index in [2.05, 4.69) is 66.3 Å². The number of aliphatic carboxylic acids is 1. The van der Waals surface area contributed by atoms with Gasteiger partial charge in [0.05, 0.1) is 29.7 Å². The van der Waals surface area contributed by atoms with Crippen molar-refractivity contribution in [2.24, 2.45) is 0 Å². The summed E-state index contributed by atoms with van der Waals surface area (Å²) >= 11 is 1.66.